The minimum Gasteiger partial charge on any atom is -0.391 e. The van der Waals surface area contributed by atoms with E-state index in [1.807, 2.05) is 18.7 Å². The van der Waals surface area contributed by atoms with Crippen LogP contribution in [0.3, 0.4) is 0 Å². The molecule has 4 nitrogen and oxygen atoms in total. The van der Waals surface area contributed by atoms with E-state index in [1.54, 1.807) is 6.07 Å². The zero-order chi connectivity index (χ0) is 13.2. The van der Waals surface area contributed by atoms with Crippen LogP contribution in [0.4, 0.5) is 0 Å². The summed E-state index contributed by atoms with van der Waals surface area (Å²) in [6, 6.07) is 1.63. The van der Waals surface area contributed by atoms with E-state index in [0.29, 0.717) is 21.5 Å². The lowest BCUT2D eigenvalue weighted by Gasteiger charge is -2.09. The number of hydrogen-bond acceptors (Lipinski definition) is 5. The number of thioether (sulfide) groups is 1. The molecule has 102 valence electrons. The fraction of sp³-hybridized carbons (Fsp3) is 0.636. The van der Waals surface area contributed by atoms with E-state index < -0.39 is 10.0 Å². The number of rotatable bonds is 5. The van der Waals surface area contributed by atoms with Gasteiger partial charge in [0.1, 0.15) is 4.21 Å². The molecule has 7 heteroatoms. The van der Waals surface area contributed by atoms with Crippen molar-refractivity contribution in [1.82, 2.24) is 4.72 Å². The Morgan fingerprint density at radius 1 is 1.56 bits per heavy atom. The Bertz CT molecular complexity index is 504. The Hall–Kier alpha value is -0.0800. The molecule has 0 aromatic carbocycles. The van der Waals surface area contributed by atoms with Crippen LogP contribution in [0.15, 0.2) is 10.3 Å². The number of aliphatic hydroxyl groups excluding tert-OH is 1. The smallest absolute Gasteiger partial charge is 0.250 e. The van der Waals surface area contributed by atoms with Crippen molar-refractivity contribution in [3.8, 4) is 0 Å². The summed E-state index contributed by atoms with van der Waals surface area (Å²) in [6.07, 6.45) is 1.08. The fourth-order valence-corrected chi connectivity index (χ4v) is 5.72. The Balaban J connectivity index is 2.04. The molecule has 2 rings (SSSR count). The van der Waals surface area contributed by atoms with E-state index in [4.69, 9.17) is 5.11 Å². The highest BCUT2D eigenvalue weighted by Crippen LogP contribution is 2.27. The first-order valence-corrected chi connectivity index (χ1v) is 9.26. The monoisotopic (exact) mass is 307 g/mol. The quantitative estimate of drug-likeness (QED) is 0.867. The molecule has 18 heavy (non-hydrogen) atoms. The van der Waals surface area contributed by atoms with Crippen molar-refractivity contribution in [2.75, 3.05) is 18.1 Å². The van der Waals surface area contributed by atoms with E-state index in [9.17, 15) is 8.42 Å². The molecule has 0 bridgehead atoms. The maximum atomic E-state index is 12.1. The van der Waals surface area contributed by atoms with Crippen LogP contribution in [0.5, 0.6) is 0 Å². The number of hydrogen-bond donors (Lipinski definition) is 2. The van der Waals surface area contributed by atoms with Gasteiger partial charge in [-0.15, -0.1) is 11.3 Å². The highest BCUT2D eigenvalue weighted by Gasteiger charge is 2.22. The van der Waals surface area contributed by atoms with Crippen molar-refractivity contribution < 1.29 is 13.5 Å². The molecule has 0 saturated carbocycles. The van der Waals surface area contributed by atoms with Gasteiger partial charge in [-0.25, -0.2) is 13.1 Å². The van der Waals surface area contributed by atoms with Crippen LogP contribution >= 0.6 is 23.1 Å². The Morgan fingerprint density at radius 2 is 2.33 bits per heavy atom. The predicted octanol–water partition coefficient (Wildman–Crippen LogP) is 1.58. The highest BCUT2D eigenvalue weighted by molar-refractivity contribution is 7.99. The number of nitrogens with one attached hydrogen (secondary N) is 1. The van der Waals surface area contributed by atoms with Gasteiger partial charge in [0.25, 0.3) is 0 Å². The van der Waals surface area contributed by atoms with Gasteiger partial charge in [-0.1, -0.05) is 0 Å². The Labute approximate surface area is 116 Å². The number of aliphatic hydroxyl groups is 1. The lowest BCUT2D eigenvalue weighted by molar-refractivity contribution is 0.285. The third kappa shape index (κ3) is 3.27. The van der Waals surface area contributed by atoms with E-state index in [2.05, 4.69) is 4.72 Å². The molecule has 2 N–H and O–H groups in total. The first-order chi connectivity index (χ1) is 8.53. The summed E-state index contributed by atoms with van der Waals surface area (Å²) in [7, 11) is -3.41. The maximum absolute atomic E-state index is 12.1. The third-order valence-corrected chi connectivity index (χ3v) is 7.34. The van der Waals surface area contributed by atoms with Gasteiger partial charge in [0, 0.05) is 11.4 Å². The van der Waals surface area contributed by atoms with Gasteiger partial charge in [0.2, 0.25) is 10.0 Å². The van der Waals surface area contributed by atoms with Gasteiger partial charge in [0.15, 0.2) is 0 Å². The molecule has 1 unspecified atom stereocenters. The SMILES string of the molecule is Cc1cc(S(=O)(=O)NCC2CCSC2)sc1CO. The highest BCUT2D eigenvalue weighted by atomic mass is 32.2. The van der Waals surface area contributed by atoms with E-state index >= 15 is 0 Å². The van der Waals surface area contributed by atoms with Gasteiger partial charge < -0.3 is 5.11 Å². The molecule has 1 saturated heterocycles. The standard InChI is InChI=1S/C11H17NO3S3/c1-8-4-11(17-10(8)6-13)18(14,15)12-5-9-2-3-16-7-9/h4,9,12-13H,2-3,5-7H2,1H3. The Kier molecular flexibility index (Phi) is 4.71. The second-order valence-corrected chi connectivity index (χ2v) is 8.69. The van der Waals surface area contributed by atoms with Crippen molar-refractivity contribution in [3.63, 3.8) is 0 Å². The van der Waals surface area contributed by atoms with Gasteiger partial charge >= 0.3 is 0 Å². The first kappa shape index (κ1) is 14.3. The lowest BCUT2D eigenvalue weighted by atomic mass is 10.1. The molecular formula is C11H17NO3S3. The minimum atomic E-state index is -3.41. The lowest BCUT2D eigenvalue weighted by Crippen LogP contribution is -2.28. The molecule has 1 atom stereocenters. The topological polar surface area (TPSA) is 66.4 Å². The molecule has 0 spiro atoms. The van der Waals surface area contributed by atoms with Crippen molar-refractivity contribution in [3.05, 3.63) is 16.5 Å². The number of thiophene rings is 1. The number of aryl methyl sites for hydroxylation is 1. The van der Waals surface area contributed by atoms with Gasteiger partial charge in [-0.3, -0.25) is 0 Å². The van der Waals surface area contributed by atoms with Crippen molar-refractivity contribution >= 4 is 33.1 Å². The molecule has 0 radical (unpaired) electrons. The van der Waals surface area contributed by atoms with Crippen molar-refractivity contribution in [2.24, 2.45) is 5.92 Å². The molecule has 1 aliphatic rings. The normalized spacial score (nSPS) is 20.4. The summed E-state index contributed by atoms with van der Waals surface area (Å²) in [5.41, 5.74) is 0.833. The summed E-state index contributed by atoms with van der Waals surface area (Å²) in [4.78, 5) is 0.715. The molecule has 1 aromatic rings. The zero-order valence-electron chi connectivity index (χ0n) is 10.2. The average molecular weight is 307 g/mol. The first-order valence-electron chi connectivity index (χ1n) is 5.80. The fourth-order valence-electron chi connectivity index (χ4n) is 1.82. The van der Waals surface area contributed by atoms with Crippen LogP contribution in [0.1, 0.15) is 16.9 Å². The average Bonchev–Trinajstić information content (AvgIpc) is 2.95. The second-order valence-electron chi connectivity index (χ2n) is 4.41. The van der Waals surface area contributed by atoms with Crippen LogP contribution in [0, 0.1) is 12.8 Å². The molecule has 0 aliphatic carbocycles. The molecule has 0 amide bonds. The van der Waals surface area contributed by atoms with E-state index in [-0.39, 0.29) is 6.61 Å². The van der Waals surface area contributed by atoms with Crippen molar-refractivity contribution in [1.29, 1.82) is 0 Å². The van der Waals surface area contributed by atoms with Crippen LogP contribution in [0.2, 0.25) is 0 Å². The third-order valence-electron chi connectivity index (χ3n) is 2.99. The van der Waals surface area contributed by atoms with Gasteiger partial charge in [-0.2, -0.15) is 11.8 Å². The van der Waals surface area contributed by atoms with Crippen molar-refractivity contribution in [2.45, 2.75) is 24.2 Å². The summed E-state index contributed by atoms with van der Waals surface area (Å²) in [5, 5.41) is 9.09. The summed E-state index contributed by atoms with van der Waals surface area (Å²) < 4.78 is 27.1. The molecule has 1 fully saturated rings. The molecule has 1 aliphatic heterocycles. The molecule has 1 aromatic heterocycles. The summed E-state index contributed by atoms with van der Waals surface area (Å²) in [6.45, 7) is 2.22. The predicted molar refractivity (Wildman–Crippen MR) is 75.6 cm³/mol. The van der Waals surface area contributed by atoms with Gasteiger partial charge in [0.05, 0.1) is 6.61 Å². The minimum absolute atomic E-state index is 0.106. The van der Waals surface area contributed by atoms with Crippen LogP contribution < -0.4 is 4.72 Å². The summed E-state index contributed by atoms with van der Waals surface area (Å²) in [5.74, 6) is 2.61. The maximum Gasteiger partial charge on any atom is 0.250 e. The van der Waals surface area contributed by atoms with E-state index in [1.165, 1.54) is 0 Å². The second kappa shape index (κ2) is 5.92. The largest absolute Gasteiger partial charge is 0.391 e. The van der Waals surface area contributed by atoms with Crippen LogP contribution in [-0.4, -0.2) is 31.6 Å². The van der Waals surface area contributed by atoms with Gasteiger partial charge in [-0.05, 0) is 42.4 Å². The van der Waals surface area contributed by atoms with Crippen LogP contribution in [-0.2, 0) is 16.6 Å². The van der Waals surface area contributed by atoms with Crippen LogP contribution in [0.25, 0.3) is 0 Å². The Morgan fingerprint density at radius 3 is 2.89 bits per heavy atom. The molecule has 2 heterocycles. The molecular weight excluding hydrogens is 290 g/mol. The zero-order valence-corrected chi connectivity index (χ0v) is 12.6. The summed E-state index contributed by atoms with van der Waals surface area (Å²) >= 11 is 3.02. The number of sulfonamides is 1. The van der Waals surface area contributed by atoms with E-state index in [0.717, 1.165) is 34.8 Å².